The minimum atomic E-state index is -0.253. The Labute approximate surface area is 166 Å². The Morgan fingerprint density at radius 1 is 1.10 bits per heavy atom. The molecule has 8 heteroatoms. The number of amides is 2. The molecule has 4 heterocycles. The van der Waals surface area contributed by atoms with Gasteiger partial charge in [-0.25, -0.2) is 0 Å². The molecule has 2 amide bonds. The molecular formula is C21H21N5O3. The average Bonchev–Trinajstić information content (AvgIpc) is 3.24. The monoisotopic (exact) mass is 391 g/mol. The number of nitrogens with zero attached hydrogens (tertiary/aromatic N) is 3. The Balaban J connectivity index is 1.24. The lowest BCUT2D eigenvalue weighted by Crippen LogP contribution is -2.38. The van der Waals surface area contributed by atoms with Crippen molar-refractivity contribution in [3.05, 3.63) is 53.0 Å². The van der Waals surface area contributed by atoms with E-state index in [1.54, 1.807) is 9.80 Å². The van der Waals surface area contributed by atoms with E-state index < -0.39 is 0 Å². The van der Waals surface area contributed by atoms with Crippen LogP contribution in [-0.4, -0.2) is 67.6 Å². The molecule has 2 aromatic heterocycles. The lowest BCUT2D eigenvalue weighted by atomic mass is 10.0. The molecule has 1 saturated heterocycles. The number of carbonyl (C=O) groups is 2. The summed E-state index contributed by atoms with van der Waals surface area (Å²) in [6, 6.07) is 9.68. The van der Waals surface area contributed by atoms with Gasteiger partial charge in [-0.3, -0.25) is 14.7 Å². The van der Waals surface area contributed by atoms with Crippen LogP contribution >= 0.6 is 0 Å². The van der Waals surface area contributed by atoms with E-state index >= 15 is 0 Å². The van der Waals surface area contributed by atoms with Gasteiger partial charge >= 0.3 is 0 Å². The molecular weight excluding hydrogens is 370 g/mol. The fourth-order valence-corrected chi connectivity index (χ4v) is 4.81. The highest BCUT2D eigenvalue weighted by Crippen LogP contribution is 2.45. The van der Waals surface area contributed by atoms with E-state index in [4.69, 9.17) is 0 Å². The maximum atomic E-state index is 13.1. The Morgan fingerprint density at radius 3 is 2.69 bits per heavy atom. The van der Waals surface area contributed by atoms with Gasteiger partial charge in [0.1, 0.15) is 5.69 Å². The molecule has 2 aliphatic heterocycles. The lowest BCUT2D eigenvalue weighted by molar-refractivity contribution is 0.0706. The zero-order valence-electron chi connectivity index (χ0n) is 15.8. The first-order chi connectivity index (χ1) is 14.1. The zero-order valence-corrected chi connectivity index (χ0v) is 15.8. The lowest BCUT2D eigenvalue weighted by Gasteiger charge is -2.27. The summed E-state index contributed by atoms with van der Waals surface area (Å²) in [6.45, 7) is 2.12. The van der Waals surface area contributed by atoms with Gasteiger partial charge in [-0.2, -0.15) is 5.10 Å². The number of aliphatic hydroxyl groups excluding tert-OH is 1. The number of para-hydroxylation sites is 1. The molecule has 0 spiro atoms. The zero-order chi connectivity index (χ0) is 19.7. The van der Waals surface area contributed by atoms with Gasteiger partial charge in [-0.05, 0) is 12.1 Å². The van der Waals surface area contributed by atoms with Crippen LogP contribution in [0.2, 0.25) is 0 Å². The molecule has 0 bridgehead atoms. The van der Waals surface area contributed by atoms with Gasteiger partial charge in [0, 0.05) is 60.1 Å². The van der Waals surface area contributed by atoms with Gasteiger partial charge in [0.15, 0.2) is 5.69 Å². The number of hydrogen-bond donors (Lipinski definition) is 3. The van der Waals surface area contributed by atoms with E-state index in [2.05, 4.69) is 15.2 Å². The van der Waals surface area contributed by atoms with Crippen LogP contribution in [0.25, 0.3) is 10.9 Å². The second-order valence-electron chi connectivity index (χ2n) is 8.30. The Kier molecular flexibility index (Phi) is 3.44. The quantitative estimate of drug-likeness (QED) is 0.609. The van der Waals surface area contributed by atoms with Crippen LogP contribution in [0.4, 0.5) is 0 Å². The fraction of sp³-hybridized carbons (Fsp3) is 0.381. The number of nitrogens with one attached hydrogen (secondary N) is 2. The average molecular weight is 391 g/mol. The summed E-state index contributed by atoms with van der Waals surface area (Å²) < 4.78 is 0. The van der Waals surface area contributed by atoms with Crippen LogP contribution in [0.3, 0.4) is 0 Å². The maximum Gasteiger partial charge on any atom is 0.274 e. The van der Waals surface area contributed by atoms with Crippen molar-refractivity contribution < 1.29 is 14.7 Å². The van der Waals surface area contributed by atoms with Crippen LogP contribution in [0.1, 0.15) is 32.2 Å². The molecule has 148 valence electrons. The number of aromatic nitrogens is 3. The van der Waals surface area contributed by atoms with Gasteiger partial charge in [0.2, 0.25) is 0 Å². The number of likely N-dealkylation sites (tertiary alicyclic amines) is 1. The van der Waals surface area contributed by atoms with Crippen molar-refractivity contribution in [3.63, 3.8) is 0 Å². The number of carbonyl (C=O) groups excluding carboxylic acids is 2. The van der Waals surface area contributed by atoms with Gasteiger partial charge in [-0.15, -0.1) is 0 Å². The molecule has 0 unspecified atom stereocenters. The summed E-state index contributed by atoms with van der Waals surface area (Å²) in [6.07, 6.45) is 0.391. The van der Waals surface area contributed by atoms with Crippen LogP contribution in [0, 0.1) is 11.8 Å². The van der Waals surface area contributed by atoms with Crippen LogP contribution < -0.4 is 0 Å². The van der Waals surface area contributed by atoms with Crippen LogP contribution in [0.15, 0.2) is 30.3 Å². The Hall–Kier alpha value is -3.13. The SMILES string of the molecule is O=C(c1cc2ccccc2[nH]1)N1CCc2[nH]nc(C(=O)N3C[C@@H]4[C@@H](O)[C@@H]4C3)c2C1. The van der Waals surface area contributed by atoms with E-state index in [0.717, 1.165) is 22.2 Å². The molecule has 3 aliphatic rings. The summed E-state index contributed by atoms with van der Waals surface area (Å²) in [5.41, 5.74) is 3.64. The molecule has 29 heavy (non-hydrogen) atoms. The number of benzene rings is 1. The summed E-state index contributed by atoms with van der Waals surface area (Å²) >= 11 is 0. The third-order valence-corrected chi connectivity index (χ3v) is 6.62. The number of H-pyrrole nitrogens is 2. The van der Waals surface area contributed by atoms with Crippen molar-refractivity contribution in [2.24, 2.45) is 11.8 Å². The fourth-order valence-electron chi connectivity index (χ4n) is 4.81. The molecule has 3 atom stereocenters. The molecule has 3 N–H and O–H groups in total. The molecule has 3 aromatic rings. The predicted molar refractivity (Wildman–Crippen MR) is 104 cm³/mol. The van der Waals surface area contributed by atoms with E-state index in [1.807, 2.05) is 30.3 Å². The van der Waals surface area contributed by atoms with Crippen LogP contribution in [0.5, 0.6) is 0 Å². The highest BCUT2D eigenvalue weighted by Gasteiger charge is 2.56. The van der Waals surface area contributed by atoms with Crippen molar-refractivity contribution in [2.75, 3.05) is 19.6 Å². The number of piperidine rings is 1. The normalized spacial score (nSPS) is 25.2. The standard InChI is InChI=1S/C21H21N5O3/c27-19-12-8-26(9-13(12)19)21(29)18-14-10-25(6-5-16(14)23-24-18)20(28)17-7-11-3-1-2-4-15(11)22-17/h1-4,7,12-13,19,22,27H,5-6,8-10H2,(H,23,24)/t12-,13+,19+. The van der Waals surface area contributed by atoms with Gasteiger partial charge < -0.3 is 19.9 Å². The minimum Gasteiger partial charge on any atom is -0.392 e. The third kappa shape index (κ3) is 2.52. The first kappa shape index (κ1) is 16.8. The van der Waals surface area contributed by atoms with Crippen LogP contribution in [-0.2, 0) is 13.0 Å². The Bertz CT molecular complexity index is 1100. The highest BCUT2D eigenvalue weighted by atomic mass is 16.3. The number of fused-ring (bicyclic) bond motifs is 3. The van der Waals surface area contributed by atoms with Crippen molar-refractivity contribution in [1.29, 1.82) is 0 Å². The Morgan fingerprint density at radius 2 is 1.90 bits per heavy atom. The predicted octanol–water partition coefficient (Wildman–Crippen LogP) is 1.15. The molecule has 1 aromatic carbocycles. The second kappa shape index (κ2) is 5.93. The van der Waals surface area contributed by atoms with E-state index in [-0.39, 0.29) is 29.8 Å². The number of aliphatic hydroxyl groups is 1. The first-order valence-electron chi connectivity index (χ1n) is 10.0. The van der Waals surface area contributed by atoms with Gasteiger partial charge in [-0.1, -0.05) is 18.2 Å². The summed E-state index contributed by atoms with van der Waals surface area (Å²) in [7, 11) is 0. The molecule has 0 radical (unpaired) electrons. The minimum absolute atomic E-state index is 0.0722. The van der Waals surface area contributed by atoms with E-state index in [0.29, 0.717) is 44.0 Å². The van der Waals surface area contributed by atoms with Crippen molar-refractivity contribution in [1.82, 2.24) is 25.0 Å². The molecule has 1 saturated carbocycles. The van der Waals surface area contributed by atoms with Crippen molar-refractivity contribution in [3.8, 4) is 0 Å². The van der Waals surface area contributed by atoms with Gasteiger partial charge in [0.25, 0.3) is 11.8 Å². The first-order valence-corrected chi connectivity index (χ1v) is 10.0. The number of hydrogen-bond acceptors (Lipinski definition) is 4. The number of aromatic amines is 2. The van der Waals surface area contributed by atoms with Crippen molar-refractivity contribution >= 4 is 22.7 Å². The maximum absolute atomic E-state index is 13.1. The smallest absolute Gasteiger partial charge is 0.274 e. The summed E-state index contributed by atoms with van der Waals surface area (Å²) in [5, 5.41) is 18.0. The van der Waals surface area contributed by atoms with E-state index in [9.17, 15) is 14.7 Å². The van der Waals surface area contributed by atoms with Crippen molar-refractivity contribution in [2.45, 2.75) is 19.1 Å². The van der Waals surface area contributed by atoms with E-state index in [1.165, 1.54) is 0 Å². The largest absolute Gasteiger partial charge is 0.392 e. The second-order valence-corrected chi connectivity index (χ2v) is 8.30. The van der Waals surface area contributed by atoms with Gasteiger partial charge in [0.05, 0.1) is 12.6 Å². The highest BCUT2D eigenvalue weighted by molar-refractivity contribution is 5.98. The third-order valence-electron chi connectivity index (χ3n) is 6.62. The topological polar surface area (TPSA) is 105 Å². The molecule has 6 rings (SSSR count). The number of rotatable bonds is 2. The summed E-state index contributed by atoms with van der Waals surface area (Å²) in [5.74, 6) is 0.251. The molecule has 1 aliphatic carbocycles. The summed E-state index contributed by atoms with van der Waals surface area (Å²) in [4.78, 5) is 32.8. The molecule has 8 nitrogen and oxygen atoms in total. The molecule has 2 fully saturated rings.